The van der Waals surface area contributed by atoms with Gasteiger partial charge in [-0.1, -0.05) is 26.0 Å². The number of anilines is 1. The molecule has 7 heteroatoms. The van der Waals surface area contributed by atoms with Crippen LogP contribution in [0.2, 0.25) is 0 Å². The molecule has 0 spiro atoms. The molecular formula is C23H21F2N3O2. The molecule has 5 nitrogen and oxygen atoms in total. The number of benzene rings is 2. The van der Waals surface area contributed by atoms with Gasteiger partial charge in [-0.25, -0.2) is 13.5 Å². The molecule has 1 aromatic heterocycles. The second-order valence-corrected chi connectivity index (χ2v) is 8.34. The fourth-order valence-corrected chi connectivity index (χ4v) is 3.76. The largest absolute Gasteiger partial charge is 0.378 e. The number of hydrogen-bond donors (Lipinski definition) is 0. The van der Waals surface area contributed by atoms with E-state index in [4.69, 9.17) is 0 Å². The standard InChI is InChI=1S/C23H21F2N3O2/c1-23(2)12-17-19(21(29)22(23)30)20(13-5-8-15(9-6-13)27(3)4)28(26-17)18-10-7-14(24)11-16(18)25/h5-11H,12H2,1-4H3. The second kappa shape index (κ2) is 6.86. The van der Waals surface area contributed by atoms with Crippen LogP contribution in [0.3, 0.4) is 0 Å². The molecule has 0 saturated heterocycles. The number of nitrogens with zero attached hydrogens (tertiary/aromatic N) is 3. The lowest BCUT2D eigenvalue weighted by atomic mass is 9.74. The topological polar surface area (TPSA) is 55.2 Å². The predicted octanol–water partition coefficient (Wildman–Crippen LogP) is 4.22. The van der Waals surface area contributed by atoms with Gasteiger partial charge in [0.1, 0.15) is 11.5 Å². The summed E-state index contributed by atoms with van der Waals surface area (Å²) in [6.07, 6.45) is 0.255. The molecule has 0 amide bonds. The Labute approximate surface area is 172 Å². The lowest BCUT2D eigenvalue weighted by Crippen LogP contribution is -2.38. The Morgan fingerprint density at radius 2 is 1.70 bits per heavy atom. The Hall–Kier alpha value is -3.35. The zero-order chi connectivity index (χ0) is 21.8. The minimum atomic E-state index is -0.892. The molecule has 30 heavy (non-hydrogen) atoms. The maximum atomic E-state index is 14.6. The van der Waals surface area contributed by atoms with Crippen LogP contribution in [0.4, 0.5) is 14.5 Å². The van der Waals surface area contributed by atoms with Gasteiger partial charge in [0.25, 0.3) is 0 Å². The van der Waals surface area contributed by atoms with E-state index in [0.717, 1.165) is 17.8 Å². The van der Waals surface area contributed by atoms with E-state index in [2.05, 4.69) is 5.10 Å². The number of aromatic nitrogens is 2. The van der Waals surface area contributed by atoms with Gasteiger partial charge in [0.2, 0.25) is 11.6 Å². The van der Waals surface area contributed by atoms with Gasteiger partial charge in [-0.05, 0) is 24.3 Å². The molecule has 1 aliphatic carbocycles. The van der Waals surface area contributed by atoms with Crippen LogP contribution in [0.5, 0.6) is 0 Å². The van der Waals surface area contributed by atoms with Crippen molar-refractivity contribution in [3.05, 3.63) is 65.4 Å². The Balaban J connectivity index is 2.00. The summed E-state index contributed by atoms with van der Waals surface area (Å²) in [5, 5.41) is 4.50. The molecule has 0 bridgehead atoms. The maximum absolute atomic E-state index is 14.6. The predicted molar refractivity (Wildman–Crippen MR) is 110 cm³/mol. The highest BCUT2D eigenvalue weighted by Gasteiger charge is 2.44. The van der Waals surface area contributed by atoms with Gasteiger partial charge >= 0.3 is 0 Å². The smallest absolute Gasteiger partial charge is 0.233 e. The summed E-state index contributed by atoms with van der Waals surface area (Å²) in [4.78, 5) is 27.6. The first kappa shape index (κ1) is 19.9. The number of Topliss-reactive ketones (excluding diaryl/α,β-unsaturated/α-hetero) is 2. The van der Waals surface area contributed by atoms with Crippen molar-refractivity contribution in [2.24, 2.45) is 5.41 Å². The first-order chi connectivity index (χ1) is 14.1. The molecule has 154 valence electrons. The van der Waals surface area contributed by atoms with Gasteiger partial charge in [-0.3, -0.25) is 9.59 Å². The summed E-state index contributed by atoms with van der Waals surface area (Å²) >= 11 is 0. The van der Waals surface area contributed by atoms with Gasteiger partial charge in [0, 0.05) is 43.2 Å². The summed E-state index contributed by atoms with van der Waals surface area (Å²) < 4.78 is 29.4. The van der Waals surface area contributed by atoms with Crippen LogP contribution in [0.1, 0.15) is 29.9 Å². The van der Waals surface area contributed by atoms with E-state index in [1.807, 2.05) is 31.1 Å². The number of rotatable bonds is 3. The molecule has 4 rings (SSSR count). The number of halogens is 2. The van der Waals surface area contributed by atoms with E-state index >= 15 is 0 Å². The second-order valence-electron chi connectivity index (χ2n) is 8.34. The van der Waals surface area contributed by atoms with Gasteiger partial charge < -0.3 is 4.90 Å². The fraction of sp³-hybridized carbons (Fsp3) is 0.261. The molecule has 0 aliphatic heterocycles. The minimum absolute atomic E-state index is 0.00976. The maximum Gasteiger partial charge on any atom is 0.233 e. The normalized spacial score (nSPS) is 15.3. The molecule has 0 fully saturated rings. The van der Waals surface area contributed by atoms with E-state index in [1.165, 1.54) is 10.7 Å². The zero-order valence-electron chi connectivity index (χ0n) is 17.2. The summed E-state index contributed by atoms with van der Waals surface area (Å²) in [7, 11) is 3.80. The quantitative estimate of drug-likeness (QED) is 0.608. The van der Waals surface area contributed by atoms with E-state index < -0.39 is 28.6 Å². The zero-order valence-corrected chi connectivity index (χ0v) is 17.2. The average Bonchev–Trinajstić information content (AvgIpc) is 3.04. The third-order valence-corrected chi connectivity index (χ3v) is 5.41. The molecule has 0 atom stereocenters. The number of carbonyl (C=O) groups excluding carboxylic acids is 2. The van der Waals surface area contributed by atoms with Crippen LogP contribution in [-0.2, 0) is 11.2 Å². The summed E-state index contributed by atoms with van der Waals surface area (Å²) in [6, 6.07) is 10.5. The van der Waals surface area contributed by atoms with Crippen molar-refractivity contribution in [3.8, 4) is 16.9 Å². The van der Waals surface area contributed by atoms with E-state index in [1.54, 1.807) is 26.0 Å². The van der Waals surface area contributed by atoms with Gasteiger partial charge in [0.15, 0.2) is 5.82 Å². The lowest BCUT2D eigenvalue weighted by molar-refractivity contribution is -0.123. The monoisotopic (exact) mass is 409 g/mol. The van der Waals surface area contributed by atoms with Crippen molar-refractivity contribution in [2.75, 3.05) is 19.0 Å². The van der Waals surface area contributed by atoms with Crippen LogP contribution in [0, 0.1) is 17.0 Å². The molecule has 1 aliphatic rings. The Morgan fingerprint density at radius 3 is 2.30 bits per heavy atom. The number of hydrogen-bond acceptors (Lipinski definition) is 4. The molecule has 0 unspecified atom stereocenters. The van der Waals surface area contributed by atoms with Gasteiger partial charge in [0.05, 0.1) is 17.0 Å². The summed E-state index contributed by atoms with van der Waals surface area (Å²) in [5.74, 6) is -2.65. The summed E-state index contributed by atoms with van der Waals surface area (Å²) in [6.45, 7) is 3.39. The van der Waals surface area contributed by atoms with Crippen LogP contribution >= 0.6 is 0 Å². The van der Waals surface area contributed by atoms with Crippen molar-refractivity contribution in [3.63, 3.8) is 0 Å². The van der Waals surface area contributed by atoms with Crippen molar-refractivity contribution in [1.29, 1.82) is 0 Å². The van der Waals surface area contributed by atoms with Crippen LogP contribution in [-0.4, -0.2) is 35.4 Å². The highest BCUT2D eigenvalue weighted by Crippen LogP contribution is 2.39. The highest BCUT2D eigenvalue weighted by atomic mass is 19.1. The minimum Gasteiger partial charge on any atom is -0.378 e. The Morgan fingerprint density at radius 1 is 1.03 bits per heavy atom. The van der Waals surface area contributed by atoms with Gasteiger partial charge in [-0.15, -0.1) is 0 Å². The molecule has 2 aromatic carbocycles. The lowest BCUT2D eigenvalue weighted by Gasteiger charge is -2.25. The van der Waals surface area contributed by atoms with Gasteiger partial charge in [-0.2, -0.15) is 5.10 Å². The molecule has 1 heterocycles. The molecule has 3 aromatic rings. The fourth-order valence-electron chi connectivity index (χ4n) is 3.76. The van der Waals surface area contributed by atoms with Crippen molar-refractivity contribution >= 4 is 17.3 Å². The molecular weight excluding hydrogens is 388 g/mol. The number of carbonyl (C=O) groups is 2. The van der Waals surface area contributed by atoms with Crippen LogP contribution in [0.25, 0.3) is 16.9 Å². The third kappa shape index (κ3) is 3.10. The summed E-state index contributed by atoms with van der Waals surface area (Å²) in [5.41, 5.74) is 1.61. The van der Waals surface area contributed by atoms with Crippen molar-refractivity contribution in [1.82, 2.24) is 9.78 Å². The van der Waals surface area contributed by atoms with Crippen LogP contribution < -0.4 is 4.90 Å². The third-order valence-electron chi connectivity index (χ3n) is 5.41. The van der Waals surface area contributed by atoms with E-state index in [0.29, 0.717) is 17.0 Å². The SMILES string of the molecule is CN(C)c1ccc(-c2c3c(nn2-c2ccc(F)cc2F)CC(C)(C)C(=O)C3=O)cc1. The van der Waals surface area contributed by atoms with Crippen molar-refractivity contribution < 1.29 is 18.4 Å². The first-order valence-corrected chi connectivity index (χ1v) is 9.54. The average molecular weight is 409 g/mol. The number of fused-ring (bicyclic) bond motifs is 1. The molecule has 0 N–H and O–H groups in total. The highest BCUT2D eigenvalue weighted by molar-refractivity contribution is 6.47. The number of ketones is 2. The molecule has 0 saturated carbocycles. The van der Waals surface area contributed by atoms with E-state index in [-0.39, 0.29) is 17.7 Å². The Kier molecular flexibility index (Phi) is 4.56. The van der Waals surface area contributed by atoms with E-state index in [9.17, 15) is 18.4 Å². The van der Waals surface area contributed by atoms with Crippen LogP contribution in [0.15, 0.2) is 42.5 Å². The Bertz CT molecular complexity index is 1180. The van der Waals surface area contributed by atoms with Crippen molar-refractivity contribution in [2.45, 2.75) is 20.3 Å². The first-order valence-electron chi connectivity index (χ1n) is 9.54. The molecule has 0 radical (unpaired) electrons.